The molecule has 0 aliphatic rings. The highest BCUT2D eigenvalue weighted by atomic mass is 15.0. The van der Waals surface area contributed by atoms with Crippen LogP contribution in [0.15, 0.2) is 42.6 Å². The van der Waals surface area contributed by atoms with Gasteiger partial charge < -0.3 is 11.1 Å². The first kappa shape index (κ1) is 11.6. The van der Waals surface area contributed by atoms with Gasteiger partial charge in [0.15, 0.2) is 0 Å². The zero-order valence-electron chi connectivity index (χ0n) is 9.98. The number of benzene rings is 1. The summed E-state index contributed by atoms with van der Waals surface area (Å²) in [6, 6.07) is 12.3. The first-order valence-corrected chi connectivity index (χ1v) is 5.77. The normalized spacial score (nSPS) is 10.2. The third-order valence-corrected chi connectivity index (χ3v) is 2.66. The number of nitrogens with two attached hydrogens (primary N) is 1. The van der Waals surface area contributed by atoms with Gasteiger partial charge in [-0.3, -0.25) is 0 Å². The molecular weight excluding hydrogens is 210 g/mol. The second kappa shape index (κ2) is 5.46. The van der Waals surface area contributed by atoms with Crippen molar-refractivity contribution in [2.75, 3.05) is 11.9 Å². The maximum Gasteiger partial charge on any atom is 0.133 e. The fourth-order valence-corrected chi connectivity index (χ4v) is 1.67. The third-order valence-electron chi connectivity index (χ3n) is 2.66. The zero-order valence-corrected chi connectivity index (χ0v) is 9.98. The minimum absolute atomic E-state index is 0.687. The van der Waals surface area contributed by atoms with E-state index in [0.29, 0.717) is 6.54 Å². The molecule has 1 heterocycles. The summed E-state index contributed by atoms with van der Waals surface area (Å²) in [6.07, 6.45) is 2.71. The van der Waals surface area contributed by atoms with E-state index in [1.807, 2.05) is 19.1 Å². The monoisotopic (exact) mass is 227 g/mol. The van der Waals surface area contributed by atoms with Crippen molar-refractivity contribution in [1.29, 1.82) is 0 Å². The van der Waals surface area contributed by atoms with E-state index in [0.717, 1.165) is 23.5 Å². The standard InChI is InChI=1S/C14H17N3/c1-11-3-2-10-16-14(11)17-13-6-4-12(5-7-13)8-9-15/h2-7,10H,8-9,15H2,1H3,(H,16,17). The molecule has 0 bridgehead atoms. The van der Waals surface area contributed by atoms with E-state index in [1.165, 1.54) is 5.56 Å². The third kappa shape index (κ3) is 3.04. The summed E-state index contributed by atoms with van der Waals surface area (Å²) in [5.74, 6) is 0.902. The Balaban J connectivity index is 2.11. The maximum absolute atomic E-state index is 5.52. The van der Waals surface area contributed by atoms with Gasteiger partial charge in [0.05, 0.1) is 0 Å². The van der Waals surface area contributed by atoms with Gasteiger partial charge in [0.25, 0.3) is 0 Å². The summed E-state index contributed by atoms with van der Waals surface area (Å²) >= 11 is 0. The van der Waals surface area contributed by atoms with Gasteiger partial charge in [0, 0.05) is 11.9 Å². The topological polar surface area (TPSA) is 50.9 Å². The van der Waals surface area contributed by atoms with Gasteiger partial charge in [-0.1, -0.05) is 18.2 Å². The summed E-state index contributed by atoms with van der Waals surface area (Å²) in [5.41, 5.74) is 8.96. The van der Waals surface area contributed by atoms with Gasteiger partial charge in [-0.25, -0.2) is 4.98 Å². The molecule has 17 heavy (non-hydrogen) atoms. The number of aromatic nitrogens is 1. The molecule has 2 aromatic rings. The number of nitrogens with zero attached hydrogens (tertiary/aromatic N) is 1. The largest absolute Gasteiger partial charge is 0.340 e. The molecule has 0 atom stereocenters. The molecule has 1 aromatic heterocycles. The molecule has 0 aliphatic carbocycles. The molecule has 0 aliphatic heterocycles. The van der Waals surface area contributed by atoms with Crippen LogP contribution in [0, 0.1) is 6.92 Å². The van der Waals surface area contributed by atoms with Gasteiger partial charge in [-0.05, 0) is 49.2 Å². The number of rotatable bonds is 4. The molecular formula is C14H17N3. The Hall–Kier alpha value is -1.87. The highest BCUT2D eigenvalue weighted by Gasteiger charge is 1.99. The summed E-state index contributed by atoms with van der Waals surface area (Å²) in [5, 5.41) is 3.30. The van der Waals surface area contributed by atoms with Gasteiger partial charge >= 0.3 is 0 Å². The quantitative estimate of drug-likeness (QED) is 0.844. The minimum atomic E-state index is 0.687. The van der Waals surface area contributed by atoms with E-state index in [1.54, 1.807) is 6.20 Å². The molecule has 0 unspecified atom stereocenters. The molecule has 2 rings (SSSR count). The molecule has 1 aromatic carbocycles. The Morgan fingerprint density at radius 1 is 1.18 bits per heavy atom. The lowest BCUT2D eigenvalue weighted by Gasteiger charge is -2.08. The van der Waals surface area contributed by atoms with E-state index >= 15 is 0 Å². The first-order valence-electron chi connectivity index (χ1n) is 5.77. The number of nitrogens with one attached hydrogen (secondary N) is 1. The fourth-order valence-electron chi connectivity index (χ4n) is 1.67. The second-order valence-electron chi connectivity index (χ2n) is 4.03. The zero-order chi connectivity index (χ0) is 12.1. The summed E-state index contributed by atoms with van der Waals surface area (Å²) < 4.78 is 0. The van der Waals surface area contributed by atoms with E-state index in [2.05, 4.69) is 34.6 Å². The molecule has 0 spiro atoms. The van der Waals surface area contributed by atoms with Gasteiger partial charge in [0.1, 0.15) is 5.82 Å². The van der Waals surface area contributed by atoms with Crippen LogP contribution in [-0.2, 0) is 6.42 Å². The molecule has 88 valence electrons. The van der Waals surface area contributed by atoms with E-state index in [-0.39, 0.29) is 0 Å². The fraction of sp³-hybridized carbons (Fsp3) is 0.214. The summed E-state index contributed by atoms with van der Waals surface area (Å²) in [4.78, 5) is 4.30. The first-order chi connectivity index (χ1) is 8.29. The van der Waals surface area contributed by atoms with Gasteiger partial charge in [0.2, 0.25) is 0 Å². The predicted octanol–water partition coefficient (Wildman–Crippen LogP) is 2.63. The van der Waals surface area contributed by atoms with Crippen LogP contribution < -0.4 is 11.1 Å². The van der Waals surface area contributed by atoms with Crippen molar-refractivity contribution in [1.82, 2.24) is 4.98 Å². The number of pyridine rings is 1. The van der Waals surface area contributed by atoms with Crippen LogP contribution in [-0.4, -0.2) is 11.5 Å². The average Bonchev–Trinajstić information content (AvgIpc) is 2.35. The lowest BCUT2D eigenvalue weighted by Crippen LogP contribution is -2.02. The van der Waals surface area contributed by atoms with Crippen molar-refractivity contribution < 1.29 is 0 Å². The summed E-state index contributed by atoms with van der Waals surface area (Å²) in [7, 11) is 0. The van der Waals surface area contributed by atoms with Gasteiger partial charge in [-0.2, -0.15) is 0 Å². The second-order valence-corrected chi connectivity index (χ2v) is 4.03. The van der Waals surface area contributed by atoms with Crippen molar-refractivity contribution in [3.63, 3.8) is 0 Å². The Morgan fingerprint density at radius 2 is 1.94 bits per heavy atom. The average molecular weight is 227 g/mol. The van der Waals surface area contributed by atoms with Crippen molar-refractivity contribution in [2.45, 2.75) is 13.3 Å². The van der Waals surface area contributed by atoms with Gasteiger partial charge in [-0.15, -0.1) is 0 Å². The highest BCUT2D eigenvalue weighted by Crippen LogP contribution is 2.17. The minimum Gasteiger partial charge on any atom is -0.340 e. The van der Waals surface area contributed by atoms with Crippen LogP contribution in [0.1, 0.15) is 11.1 Å². The molecule has 3 nitrogen and oxygen atoms in total. The summed E-state index contributed by atoms with van der Waals surface area (Å²) in [6.45, 7) is 2.73. The Bertz CT molecular complexity index is 477. The highest BCUT2D eigenvalue weighted by molar-refractivity contribution is 5.59. The number of aryl methyl sites for hydroxylation is 1. The van der Waals surface area contributed by atoms with Crippen LogP contribution in [0.4, 0.5) is 11.5 Å². The molecule has 0 fully saturated rings. The lowest BCUT2D eigenvalue weighted by atomic mass is 10.1. The van der Waals surface area contributed by atoms with Crippen molar-refractivity contribution in [3.8, 4) is 0 Å². The molecule has 3 N–H and O–H groups in total. The van der Waals surface area contributed by atoms with E-state index in [4.69, 9.17) is 5.73 Å². The number of anilines is 2. The van der Waals surface area contributed by atoms with Crippen LogP contribution in [0.25, 0.3) is 0 Å². The molecule has 0 radical (unpaired) electrons. The number of hydrogen-bond donors (Lipinski definition) is 2. The van der Waals surface area contributed by atoms with Crippen LogP contribution in [0.3, 0.4) is 0 Å². The Morgan fingerprint density at radius 3 is 2.59 bits per heavy atom. The van der Waals surface area contributed by atoms with E-state index in [9.17, 15) is 0 Å². The predicted molar refractivity (Wildman–Crippen MR) is 71.5 cm³/mol. The van der Waals surface area contributed by atoms with E-state index < -0.39 is 0 Å². The SMILES string of the molecule is Cc1cccnc1Nc1ccc(CCN)cc1. The Kier molecular flexibility index (Phi) is 3.73. The van der Waals surface area contributed by atoms with Crippen molar-refractivity contribution in [3.05, 3.63) is 53.7 Å². The van der Waals surface area contributed by atoms with Crippen molar-refractivity contribution in [2.24, 2.45) is 5.73 Å². The van der Waals surface area contributed by atoms with Crippen LogP contribution in [0.5, 0.6) is 0 Å². The molecule has 0 saturated heterocycles. The Labute approximate surface area is 102 Å². The lowest BCUT2D eigenvalue weighted by molar-refractivity contribution is 0.969. The maximum atomic E-state index is 5.52. The van der Waals surface area contributed by atoms with Crippen LogP contribution >= 0.6 is 0 Å². The van der Waals surface area contributed by atoms with Crippen molar-refractivity contribution >= 4 is 11.5 Å². The van der Waals surface area contributed by atoms with Crippen LogP contribution in [0.2, 0.25) is 0 Å². The molecule has 3 heteroatoms. The smallest absolute Gasteiger partial charge is 0.133 e. The molecule has 0 amide bonds. The molecule has 0 saturated carbocycles. The number of hydrogen-bond acceptors (Lipinski definition) is 3.